The Balaban J connectivity index is 1.55. The summed E-state index contributed by atoms with van der Waals surface area (Å²) in [6.07, 6.45) is 2.87. The molecule has 208 valence electrons. The molecule has 0 saturated carbocycles. The van der Waals surface area contributed by atoms with Crippen molar-refractivity contribution in [2.24, 2.45) is 0 Å². The highest BCUT2D eigenvalue weighted by molar-refractivity contribution is 6.36. The summed E-state index contributed by atoms with van der Waals surface area (Å²) in [5.41, 5.74) is 1.03. The maximum absolute atomic E-state index is 15.5. The van der Waals surface area contributed by atoms with Gasteiger partial charge in [-0.3, -0.25) is 14.6 Å². The van der Waals surface area contributed by atoms with E-state index in [1.54, 1.807) is 28.1 Å². The maximum atomic E-state index is 15.5. The van der Waals surface area contributed by atoms with Crippen molar-refractivity contribution in [3.8, 4) is 17.0 Å². The molecule has 0 aliphatic carbocycles. The van der Waals surface area contributed by atoms with E-state index in [4.69, 9.17) is 21.3 Å². The van der Waals surface area contributed by atoms with E-state index in [9.17, 15) is 9.59 Å². The van der Waals surface area contributed by atoms with Crippen LogP contribution in [-0.2, 0) is 4.79 Å². The van der Waals surface area contributed by atoms with Gasteiger partial charge in [-0.25, -0.2) is 9.37 Å². The summed E-state index contributed by atoms with van der Waals surface area (Å²) in [6.45, 7) is 8.96. The van der Waals surface area contributed by atoms with Crippen LogP contribution < -0.4 is 9.64 Å². The normalized spacial score (nSPS) is 21.5. The molecule has 2 amide bonds. The number of fused-ring (bicyclic) bond motifs is 3. The molecule has 2 aromatic heterocycles. The summed E-state index contributed by atoms with van der Waals surface area (Å²) in [5, 5.41) is 0.798. The Morgan fingerprint density at radius 2 is 1.95 bits per heavy atom. The van der Waals surface area contributed by atoms with E-state index in [1.807, 2.05) is 6.07 Å². The Kier molecular flexibility index (Phi) is 6.83. The van der Waals surface area contributed by atoms with Gasteiger partial charge in [-0.2, -0.15) is 0 Å². The Hall–Kier alpha value is -3.76. The molecule has 1 aromatic carbocycles. The molecule has 0 spiro atoms. The van der Waals surface area contributed by atoms with Crippen LogP contribution in [0.15, 0.2) is 43.1 Å². The zero-order chi connectivity index (χ0) is 28.1. The molecule has 0 unspecified atom stereocenters. The van der Waals surface area contributed by atoms with Crippen LogP contribution >= 0.6 is 11.6 Å². The number of carbonyl (C=O) groups is 2. The second-order valence-corrected chi connectivity index (χ2v) is 10.9. The molecular weight excluding hydrogens is 535 g/mol. The first kappa shape index (κ1) is 26.5. The van der Waals surface area contributed by atoms with Crippen molar-refractivity contribution in [1.82, 2.24) is 24.7 Å². The fourth-order valence-electron chi connectivity index (χ4n) is 5.95. The van der Waals surface area contributed by atoms with Gasteiger partial charge >= 0.3 is 0 Å². The van der Waals surface area contributed by atoms with Gasteiger partial charge in [0, 0.05) is 56.9 Å². The van der Waals surface area contributed by atoms with Crippen LogP contribution in [0, 0.1) is 5.82 Å². The van der Waals surface area contributed by atoms with E-state index >= 15 is 4.39 Å². The monoisotopic (exact) mass is 564 g/mol. The first-order valence-corrected chi connectivity index (χ1v) is 13.7. The minimum atomic E-state index is -0.520. The summed E-state index contributed by atoms with van der Waals surface area (Å²) in [6, 6.07) is 6.31. The standard InChI is InChI=1S/C29H30ClFN6O3/c1-4-21(38)35-11-13-37-19(15-35)16-40-27-23(29(37)39)28(36-12-10-34(3)14-17(36)2)33-26(24(27)30)22-20(31)8-7-18-6-5-9-32-25(18)22/h4-9,17,19H,1,10-16H2,2-3H3/t17-,19+/m0/s1. The number of amides is 2. The minimum Gasteiger partial charge on any atom is -0.489 e. The average Bonchev–Trinajstić information content (AvgIpc) is 3.10. The van der Waals surface area contributed by atoms with Crippen molar-refractivity contribution in [1.29, 1.82) is 0 Å². The third-order valence-electron chi connectivity index (χ3n) is 8.00. The number of nitrogens with zero attached hydrogens (tertiary/aromatic N) is 6. The number of pyridine rings is 2. The molecule has 0 radical (unpaired) electrons. The number of benzene rings is 1. The number of likely N-dealkylation sites (N-methyl/N-ethyl adjacent to an activating group) is 1. The maximum Gasteiger partial charge on any atom is 0.261 e. The zero-order valence-corrected chi connectivity index (χ0v) is 23.2. The quantitative estimate of drug-likeness (QED) is 0.451. The molecule has 0 N–H and O–H groups in total. The lowest BCUT2D eigenvalue weighted by Gasteiger charge is -2.41. The molecule has 2 saturated heterocycles. The van der Waals surface area contributed by atoms with E-state index in [0.29, 0.717) is 37.5 Å². The largest absolute Gasteiger partial charge is 0.489 e. The third kappa shape index (κ3) is 4.35. The Bertz CT molecular complexity index is 1530. The predicted molar refractivity (Wildman–Crippen MR) is 151 cm³/mol. The Morgan fingerprint density at radius 1 is 1.15 bits per heavy atom. The van der Waals surface area contributed by atoms with Crippen LogP contribution in [-0.4, -0.2) is 101 Å². The molecule has 9 nitrogen and oxygen atoms in total. The van der Waals surface area contributed by atoms with Gasteiger partial charge in [-0.05, 0) is 38.2 Å². The topological polar surface area (TPSA) is 82.1 Å². The molecule has 11 heteroatoms. The van der Waals surface area contributed by atoms with Crippen molar-refractivity contribution >= 4 is 40.1 Å². The van der Waals surface area contributed by atoms with Gasteiger partial charge in [0.05, 0.1) is 17.1 Å². The Labute approximate surface area is 236 Å². The second kappa shape index (κ2) is 10.3. The predicted octanol–water partition coefficient (Wildman–Crippen LogP) is 3.46. The van der Waals surface area contributed by atoms with Gasteiger partial charge in [0.15, 0.2) is 5.75 Å². The molecule has 5 heterocycles. The zero-order valence-electron chi connectivity index (χ0n) is 22.4. The molecule has 3 aromatic rings. The number of ether oxygens (including phenoxy) is 1. The van der Waals surface area contributed by atoms with Gasteiger partial charge < -0.3 is 24.3 Å². The van der Waals surface area contributed by atoms with E-state index in [0.717, 1.165) is 18.5 Å². The minimum absolute atomic E-state index is 0.0220. The van der Waals surface area contributed by atoms with Gasteiger partial charge in [-0.15, -0.1) is 0 Å². The summed E-state index contributed by atoms with van der Waals surface area (Å²) >= 11 is 6.98. The van der Waals surface area contributed by atoms with Crippen molar-refractivity contribution in [3.05, 3.63) is 59.5 Å². The number of aromatic nitrogens is 2. The van der Waals surface area contributed by atoms with Crippen LogP contribution in [0.25, 0.3) is 22.2 Å². The highest BCUT2D eigenvalue weighted by atomic mass is 35.5. The van der Waals surface area contributed by atoms with Crippen LogP contribution in [0.5, 0.6) is 5.75 Å². The number of hydrogen-bond acceptors (Lipinski definition) is 7. The summed E-state index contributed by atoms with van der Waals surface area (Å²) in [5.74, 6) is -0.379. The lowest BCUT2D eigenvalue weighted by Crippen LogP contribution is -2.57. The van der Waals surface area contributed by atoms with Crippen LogP contribution in [0.4, 0.5) is 10.2 Å². The van der Waals surface area contributed by atoms with Gasteiger partial charge in [-0.1, -0.05) is 24.2 Å². The van der Waals surface area contributed by atoms with Crippen molar-refractivity contribution in [3.63, 3.8) is 0 Å². The molecule has 2 atom stereocenters. The van der Waals surface area contributed by atoms with Gasteiger partial charge in [0.25, 0.3) is 5.91 Å². The van der Waals surface area contributed by atoms with E-state index in [-0.39, 0.29) is 58.1 Å². The third-order valence-corrected chi connectivity index (χ3v) is 8.35. The lowest BCUT2D eigenvalue weighted by atomic mass is 10.0. The first-order valence-electron chi connectivity index (χ1n) is 13.4. The number of hydrogen-bond donors (Lipinski definition) is 0. The van der Waals surface area contributed by atoms with E-state index in [1.165, 1.54) is 12.1 Å². The van der Waals surface area contributed by atoms with Crippen LogP contribution in [0.3, 0.4) is 0 Å². The molecule has 3 aliphatic rings. The lowest BCUT2D eigenvalue weighted by molar-refractivity contribution is -0.128. The molecule has 2 fully saturated rings. The van der Waals surface area contributed by atoms with E-state index in [2.05, 4.69) is 35.3 Å². The molecular formula is C29H30ClFN6O3. The second-order valence-electron chi connectivity index (χ2n) is 10.6. The van der Waals surface area contributed by atoms with Gasteiger partial charge in [0.2, 0.25) is 5.91 Å². The SMILES string of the molecule is C=CC(=O)N1CCN2C(=O)c3c(N4CCN(C)C[C@@H]4C)nc(-c4c(F)ccc5cccnc45)c(Cl)c3OC[C@H]2C1. The molecule has 3 aliphatic heterocycles. The molecule has 6 rings (SSSR count). The highest BCUT2D eigenvalue weighted by Crippen LogP contribution is 2.45. The number of rotatable bonds is 3. The number of halogens is 2. The molecule has 0 bridgehead atoms. The number of piperazine rings is 2. The van der Waals surface area contributed by atoms with Crippen LogP contribution in [0.1, 0.15) is 17.3 Å². The van der Waals surface area contributed by atoms with E-state index < -0.39 is 5.82 Å². The number of anilines is 1. The summed E-state index contributed by atoms with van der Waals surface area (Å²) < 4.78 is 21.9. The summed E-state index contributed by atoms with van der Waals surface area (Å²) in [4.78, 5) is 43.6. The fourth-order valence-corrected chi connectivity index (χ4v) is 6.24. The highest BCUT2D eigenvalue weighted by Gasteiger charge is 2.41. The van der Waals surface area contributed by atoms with Gasteiger partial charge in [0.1, 0.15) is 34.5 Å². The summed E-state index contributed by atoms with van der Waals surface area (Å²) in [7, 11) is 2.05. The fraction of sp³-hybridized carbons (Fsp3) is 0.379. The van der Waals surface area contributed by atoms with Crippen molar-refractivity contribution < 1.29 is 18.7 Å². The Morgan fingerprint density at radius 3 is 2.73 bits per heavy atom. The van der Waals surface area contributed by atoms with Crippen molar-refractivity contribution in [2.45, 2.75) is 19.0 Å². The van der Waals surface area contributed by atoms with Crippen LogP contribution in [0.2, 0.25) is 5.02 Å². The van der Waals surface area contributed by atoms with Crippen molar-refractivity contribution in [2.75, 3.05) is 57.8 Å². The average molecular weight is 565 g/mol. The molecule has 40 heavy (non-hydrogen) atoms. The first-order chi connectivity index (χ1) is 19.3. The number of carbonyl (C=O) groups excluding carboxylic acids is 2. The smallest absolute Gasteiger partial charge is 0.261 e.